The lowest BCUT2D eigenvalue weighted by atomic mass is 9.90. The van der Waals surface area contributed by atoms with E-state index >= 15 is 0 Å². The van der Waals surface area contributed by atoms with Gasteiger partial charge in [-0.2, -0.15) is 0 Å². The molecule has 0 aliphatic heterocycles. The van der Waals surface area contributed by atoms with Crippen LogP contribution in [-0.2, 0) is 0 Å². The van der Waals surface area contributed by atoms with Crippen molar-refractivity contribution >= 4 is 51.8 Å². The van der Waals surface area contributed by atoms with E-state index in [9.17, 15) is 10.4 Å². The molecule has 3 rings (SSSR count). The smallest absolute Gasteiger partial charge is 0.271 e. The second-order valence-corrected chi connectivity index (χ2v) is 6.46. The summed E-state index contributed by atoms with van der Waals surface area (Å²) < 4.78 is 0. The largest absolute Gasteiger partial charge is 0.505 e. The molecule has 1 N–H and O–H groups in total. The lowest BCUT2D eigenvalue weighted by Gasteiger charge is -2.19. The molecule has 2 aromatic carbocycles. The molecule has 126 valence electrons. The highest BCUT2D eigenvalue weighted by Gasteiger charge is 2.23. The second kappa shape index (κ2) is 7.23. The number of aliphatic imine (C=N–C) groups is 1. The first-order valence-corrected chi connectivity index (χ1v) is 8.35. The van der Waals surface area contributed by atoms with Crippen molar-refractivity contribution in [1.29, 1.82) is 5.26 Å². The van der Waals surface area contributed by atoms with Crippen LogP contribution in [0.25, 0.3) is 10.4 Å². The summed E-state index contributed by atoms with van der Waals surface area (Å²) in [5.41, 5.74) is 2.59. The summed E-state index contributed by atoms with van der Waals surface area (Å²) in [4.78, 5) is 7.77. The minimum absolute atomic E-state index is 0.0800. The Kier molecular flexibility index (Phi) is 5.02. The highest BCUT2D eigenvalue weighted by atomic mass is 35.5. The van der Waals surface area contributed by atoms with Crippen LogP contribution in [0.4, 0.5) is 5.69 Å². The molecule has 26 heavy (non-hydrogen) atoms. The van der Waals surface area contributed by atoms with E-state index in [1.165, 1.54) is 12.1 Å². The predicted molar refractivity (Wildman–Crippen MR) is 104 cm³/mol. The van der Waals surface area contributed by atoms with Crippen molar-refractivity contribution in [3.8, 4) is 11.8 Å². The van der Waals surface area contributed by atoms with Crippen molar-refractivity contribution in [1.82, 2.24) is 0 Å². The van der Waals surface area contributed by atoms with Gasteiger partial charge >= 0.3 is 0 Å². The van der Waals surface area contributed by atoms with Crippen molar-refractivity contribution < 1.29 is 5.11 Å². The number of nitrogens with zero attached hydrogens (tertiary/aromatic N) is 3. The molecular weight excluding hydrogens is 393 g/mol. The quantitative estimate of drug-likeness (QED) is 0.463. The van der Waals surface area contributed by atoms with Crippen LogP contribution >= 0.6 is 34.8 Å². The molecule has 0 fully saturated rings. The molecule has 0 heterocycles. The van der Waals surface area contributed by atoms with Crippen molar-refractivity contribution in [2.75, 3.05) is 0 Å². The summed E-state index contributed by atoms with van der Waals surface area (Å²) in [5, 5.41) is 19.3. The second-order valence-electron chi connectivity index (χ2n) is 5.24. The Morgan fingerprint density at radius 1 is 1.12 bits per heavy atom. The van der Waals surface area contributed by atoms with E-state index in [1.54, 1.807) is 18.2 Å². The summed E-state index contributed by atoms with van der Waals surface area (Å²) in [7, 11) is 0. The average Bonchev–Trinajstić information content (AvgIpc) is 2.63. The SMILES string of the molecule is [C-]#[N+]C(C#N)=C1C(Cl)=CC(=Nc2cc(Cl)c(O)c(Cl)c2)c2ccccc21. The Balaban J connectivity index is 2.25. The molecule has 0 saturated carbocycles. The zero-order valence-corrected chi connectivity index (χ0v) is 15.2. The summed E-state index contributed by atoms with van der Waals surface area (Å²) in [6.07, 6.45) is 1.58. The number of allylic oxidation sites excluding steroid dienone is 4. The summed E-state index contributed by atoms with van der Waals surface area (Å²) >= 11 is 18.2. The number of hydrogen-bond acceptors (Lipinski definition) is 3. The van der Waals surface area contributed by atoms with Crippen LogP contribution in [0.3, 0.4) is 0 Å². The van der Waals surface area contributed by atoms with Crippen LogP contribution in [0.2, 0.25) is 10.0 Å². The third-order valence-electron chi connectivity index (χ3n) is 3.68. The van der Waals surface area contributed by atoms with Crippen LogP contribution in [0, 0.1) is 17.9 Å². The number of nitriles is 1. The van der Waals surface area contributed by atoms with Gasteiger partial charge < -0.3 is 5.11 Å². The van der Waals surface area contributed by atoms with E-state index in [0.717, 1.165) is 0 Å². The van der Waals surface area contributed by atoms with Gasteiger partial charge in [-0.1, -0.05) is 59.1 Å². The van der Waals surface area contributed by atoms with Crippen LogP contribution in [-0.4, -0.2) is 10.8 Å². The van der Waals surface area contributed by atoms with Gasteiger partial charge in [-0.3, -0.25) is 0 Å². The molecule has 1 aliphatic rings. The van der Waals surface area contributed by atoms with Gasteiger partial charge in [0.2, 0.25) is 0 Å². The van der Waals surface area contributed by atoms with Crippen LogP contribution in [0.15, 0.2) is 58.2 Å². The van der Waals surface area contributed by atoms with E-state index in [4.69, 9.17) is 41.4 Å². The molecule has 0 saturated heterocycles. The predicted octanol–water partition coefficient (Wildman–Crippen LogP) is 6.11. The van der Waals surface area contributed by atoms with Gasteiger partial charge in [0, 0.05) is 16.2 Å². The molecule has 0 atom stereocenters. The maximum absolute atomic E-state index is 9.68. The molecule has 4 nitrogen and oxygen atoms in total. The number of fused-ring (bicyclic) bond motifs is 1. The fourth-order valence-electron chi connectivity index (χ4n) is 2.55. The maximum atomic E-state index is 9.68. The molecule has 1 aliphatic carbocycles. The van der Waals surface area contributed by atoms with Crippen LogP contribution in [0.1, 0.15) is 11.1 Å². The van der Waals surface area contributed by atoms with Crippen molar-refractivity contribution in [3.63, 3.8) is 0 Å². The Labute approximate surface area is 164 Å². The Morgan fingerprint density at radius 3 is 2.31 bits per heavy atom. The van der Waals surface area contributed by atoms with E-state index in [0.29, 0.717) is 28.1 Å². The number of phenols is 1. The van der Waals surface area contributed by atoms with E-state index in [2.05, 4.69) is 9.84 Å². The number of halogens is 3. The molecule has 0 amide bonds. The van der Waals surface area contributed by atoms with Crippen LogP contribution in [0.5, 0.6) is 5.75 Å². The number of aromatic hydroxyl groups is 1. The van der Waals surface area contributed by atoms with Crippen molar-refractivity contribution in [3.05, 3.63) is 85.8 Å². The monoisotopic (exact) mass is 399 g/mol. The molecule has 0 spiro atoms. The van der Waals surface area contributed by atoms with Gasteiger partial charge in [0.15, 0.2) is 5.75 Å². The highest BCUT2D eigenvalue weighted by molar-refractivity contribution is 6.41. The van der Waals surface area contributed by atoms with Gasteiger partial charge in [0.25, 0.3) is 5.70 Å². The molecule has 2 aromatic rings. The fourth-order valence-corrected chi connectivity index (χ4v) is 3.32. The molecule has 0 aromatic heterocycles. The van der Waals surface area contributed by atoms with Gasteiger partial charge in [-0.15, -0.1) is 0 Å². The molecule has 0 unspecified atom stereocenters. The first-order chi connectivity index (χ1) is 12.5. The third-order valence-corrected chi connectivity index (χ3v) is 4.55. The highest BCUT2D eigenvalue weighted by Crippen LogP contribution is 2.39. The summed E-state index contributed by atoms with van der Waals surface area (Å²) in [5.74, 6) is -0.212. The zero-order chi connectivity index (χ0) is 18.8. The fraction of sp³-hybridized carbons (Fsp3) is 0. The Bertz CT molecular complexity index is 1060. The number of rotatable bonds is 1. The van der Waals surface area contributed by atoms with Crippen LogP contribution < -0.4 is 0 Å². The van der Waals surface area contributed by atoms with Gasteiger partial charge in [0.1, 0.15) is 0 Å². The standard InChI is InChI=1S/C19H8Cl3N3O/c1-24-17(9-23)18-12-5-3-2-4-11(12)16(8-13(18)20)25-10-6-14(21)19(26)15(22)7-10/h2-8,26H. The third kappa shape index (κ3) is 3.19. The minimum Gasteiger partial charge on any atom is -0.505 e. The van der Waals surface area contributed by atoms with Gasteiger partial charge in [-0.05, 0) is 23.8 Å². The Morgan fingerprint density at radius 2 is 1.73 bits per heavy atom. The van der Waals surface area contributed by atoms with E-state index in [-0.39, 0.29) is 26.5 Å². The topological polar surface area (TPSA) is 60.7 Å². The molecule has 7 heteroatoms. The molecule has 0 bridgehead atoms. The lowest BCUT2D eigenvalue weighted by Crippen LogP contribution is -2.09. The van der Waals surface area contributed by atoms with Crippen molar-refractivity contribution in [2.45, 2.75) is 0 Å². The van der Waals surface area contributed by atoms with E-state index in [1.807, 2.05) is 18.2 Å². The lowest BCUT2D eigenvalue weighted by molar-refractivity contribution is 0.476. The normalized spacial score (nSPS) is 16.3. The summed E-state index contributed by atoms with van der Waals surface area (Å²) in [6.45, 7) is 7.20. The average molecular weight is 401 g/mol. The van der Waals surface area contributed by atoms with E-state index < -0.39 is 0 Å². The molecular formula is C19H8Cl3N3O. The van der Waals surface area contributed by atoms with Crippen molar-refractivity contribution in [2.24, 2.45) is 4.99 Å². The first-order valence-electron chi connectivity index (χ1n) is 7.22. The van der Waals surface area contributed by atoms with Gasteiger partial charge in [0.05, 0.1) is 34.1 Å². The Hall–Kier alpha value is -2.76. The maximum Gasteiger partial charge on any atom is 0.271 e. The summed E-state index contributed by atoms with van der Waals surface area (Å²) in [6, 6.07) is 12.0. The molecule has 0 radical (unpaired) electrons. The number of hydrogen-bond donors (Lipinski definition) is 1. The number of phenolic OH excluding ortho intramolecular Hbond substituents is 1. The minimum atomic E-state index is -0.212. The first kappa shape index (κ1) is 18.0. The van der Waals surface area contributed by atoms with Gasteiger partial charge in [-0.25, -0.2) is 15.1 Å². The number of benzene rings is 2. The zero-order valence-electron chi connectivity index (χ0n) is 13.0.